The standard InChI is InChI=1S/C22H25Br2NO2/c1-16(14-22(26)27-15-17-2-6-20(23)7-3-17)25-12-10-19(11-13-25)18-4-8-21(24)9-5-18/h2-9,16,19H,10-15H2,1H3/t16-/m1/s1. The Balaban J connectivity index is 1.42. The summed E-state index contributed by atoms with van der Waals surface area (Å²) in [6, 6.07) is 16.7. The third kappa shape index (κ3) is 6.16. The largest absolute Gasteiger partial charge is 0.461 e. The number of rotatable bonds is 6. The van der Waals surface area contributed by atoms with Crippen molar-refractivity contribution >= 4 is 37.8 Å². The molecule has 5 heteroatoms. The first-order valence-electron chi connectivity index (χ1n) is 9.41. The molecule has 144 valence electrons. The lowest BCUT2D eigenvalue weighted by Gasteiger charge is -2.36. The highest BCUT2D eigenvalue weighted by Crippen LogP contribution is 2.30. The van der Waals surface area contributed by atoms with Crippen molar-refractivity contribution in [3.63, 3.8) is 0 Å². The summed E-state index contributed by atoms with van der Waals surface area (Å²) < 4.78 is 7.60. The first kappa shape index (κ1) is 20.6. The predicted molar refractivity (Wildman–Crippen MR) is 116 cm³/mol. The molecule has 0 aromatic heterocycles. The van der Waals surface area contributed by atoms with Crippen LogP contribution in [0.25, 0.3) is 0 Å². The van der Waals surface area contributed by atoms with Crippen molar-refractivity contribution in [3.05, 3.63) is 68.6 Å². The van der Waals surface area contributed by atoms with E-state index in [1.165, 1.54) is 5.56 Å². The molecule has 1 aliphatic rings. The van der Waals surface area contributed by atoms with Crippen LogP contribution in [0.5, 0.6) is 0 Å². The van der Waals surface area contributed by atoms with Gasteiger partial charge in [0.05, 0.1) is 6.42 Å². The molecule has 0 amide bonds. The molecule has 0 unspecified atom stereocenters. The van der Waals surface area contributed by atoms with Crippen molar-refractivity contribution in [2.45, 2.75) is 44.8 Å². The highest BCUT2D eigenvalue weighted by atomic mass is 79.9. The smallest absolute Gasteiger partial charge is 0.307 e. The third-order valence-corrected chi connectivity index (χ3v) is 6.33. The van der Waals surface area contributed by atoms with Gasteiger partial charge in [-0.2, -0.15) is 0 Å². The van der Waals surface area contributed by atoms with Crippen molar-refractivity contribution in [2.24, 2.45) is 0 Å². The molecule has 2 aromatic rings. The van der Waals surface area contributed by atoms with Gasteiger partial charge in [0.1, 0.15) is 6.61 Å². The second-order valence-electron chi connectivity index (χ2n) is 7.20. The minimum Gasteiger partial charge on any atom is -0.461 e. The Bertz CT molecular complexity index is 738. The van der Waals surface area contributed by atoms with Crippen LogP contribution in [-0.4, -0.2) is 30.0 Å². The molecule has 1 fully saturated rings. The molecule has 2 aromatic carbocycles. The van der Waals surface area contributed by atoms with Gasteiger partial charge < -0.3 is 9.64 Å². The van der Waals surface area contributed by atoms with Gasteiger partial charge in [0.2, 0.25) is 0 Å². The summed E-state index contributed by atoms with van der Waals surface area (Å²) >= 11 is 6.91. The lowest BCUT2D eigenvalue weighted by atomic mass is 9.89. The van der Waals surface area contributed by atoms with E-state index in [9.17, 15) is 4.79 Å². The maximum Gasteiger partial charge on any atom is 0.307 e. The van der Waals surface area contributed by atoms with E-state index in [1.807, 2.05) is 24.3 Å². The Labute approximate surface area is 178 Å². The zero-order chi connectivity index (χ0) is 19.2. The number of hydrogen-bond acceptors (Lipinski definition) is 3. The van der Waals surface area contributed by atoms with E-state index in [1.54, 1.807) is 0 Å². The average molecular weight is 495 g/mol. The Morgan fingerprint density at radius 1 is 1.04 bits per heavy atom. The summed E-state index contributed by atoms with van der Waals surface area (Å²) in [6.45, 7) is 4.52. The molecular weight excluding hydrogens is 470 g/mol. The molecule has 0 N–H and O–H groups in total. The SMILES string of the molecule is C[C@H](CC(=O)OCc1ccc(Br)cc1)N1CCC(c2ccc(Br)cc2)CC1. The van der Waals surface area contributed by atoms with Crippen LogP contribution in [0.3, 0.4) is 0 Å². The van der Waals surface area contributed by atoms with E-state index in [4.69, 9.17) is 4.74 Å². The quantitative estimate of drug-likeness (QED) is 0.467. The fourth-order valence-corrected chi connectivity index (χ4v) is 4.11. The number of piperidine rings is 1. The van der Waals surface area contributed by atoms with Crippen molar-refractivity contribution in [1.82, 2.24) is 4.90 Å². The van der Waals surface area contributed by atoms with Gasteiger partial charge in [-0.25, -0.2) is 0 Å². The fourth-order valence-electron chi connectivity index (χ4n) is 3.58. The Morgan fingerprint density at radius 2 is 1.59 bits per heavy atom. The third-order valence-electron chi connectivity index (χ3n) is 5.27. The van der Waals surface area contributed by atoms with Gasteiger partial charge >= 0.3 is 5.97 Å². The minimum atomic E-state index is -0.125. The van der Waals surface area contributed by atoms with Gasteiger partial charge in [-0.1, -0.05) is 56.1 Å². The molecule has 1 heterocycles. The van der Waals surface area contributed by atoms with Crippen LogP contribution in [0.4, 0.5) is 0 Å². The van der Waals surface area contributed by atoms with E-state index in [0.717, 1.165) is 40.4 Å². The molecular formula is C22H25Br2NO2. The summed E-state index contributed by atoms with van der Waals surface area (Å²) in [7, 11) is 0. The lowest BCUT2D eigenvalue weighted by Crippen LogP contribution is -2.40. The number of likely N-dealkylation sites (tertiary alicyclic amines) is 1. The Morgan fingerprint density at radius 3 is 2.19 bits per heavy atom. The number of benzene rings is 2. The van der Waals surface area contributed by atoms with Gasteiger partial charge in [-0.3, -0.25) is 4.79 Å². The Hall–Kier alpha value is -1.17. The second-order valence-corrected chi connectivity index (χ2v) is 9.03. The summed E-state index contributed by atoms with van der Waals surface area (Å²) in [4.78, 5) is 14.6. The number of carbonyl (C=O) groups is 1. The molecule has 0 bridgehead atoms. The van der Waals surface area contributed by atoms with Gasteiger partial charge in [-0.15, -0.1) is 0 Å². The summed E-state index contributed by atoms with van der Waals surface area (Å²) in [6.07, 6.45) is 2.72. The van der Waals surface area contributed by atoms with Crippen LogP contribution in [0.1, 0.15) is 43.2 Å². The summed E-state index contributed by atoms with van der Waals surface area (Å²) in [5.41, 5.74) is 2.42. The molecule has 1 atom stereocenters. The zero-order valence-corrected chi connectivity index (χ0v) is 18.7. The molecule has 1 saturated heterocycles. The zero-order valence-electron chi connectivity index (χ0n) is 15.5. The molecule has 0 aliphatic carbocycles. The van der Waals surface area contributed by atoms with Crippen molar-refractivity contribution in [1.29, 1.82) is 0 Å². The molecule has 3 nitrogen and oxygen atoms in total. The molecule has 0 saturated carbocycles. The molecule has 3 rings (SSSR count). The number of esters is 1. The lowest BCUT2D eigenvalue weighted by molar-refractivity contribution is -0.146. The number of halogens is 2. The van der Waals surface area contributed by atoms with E-state index < -0.39 is 0 Å². The summed E-state index contributed by atoms with van der Waals surface area (Å²) in [5.74, 6) is 0.492. The number of hydrogen-bond donors (Lipinski definition) is 0. The van der Waals surface area contributed by atoms with E-state index in [-0.39, 0.29) is 12.0 Å². The van der Waals surface area contributed by atoms with Crippen LogP contribution in [0.15, 0.2) is 57.5 Å². The topological polar surface area (TPSA) is 29.5 Å². The maximum absolute atomic E-state index is 12.2. The van der Waals surface area contributed by atoms with Gasteiger partial charge in [0.25, 0.3) is 0 Å². The molecule has 1 aliphatic heterocycles. The molecule has 27 heavy (non-hydrogen) atoms. The normalized spacial score (nSPS) is 16.9. The Kier molecular flexibility index (Phi) is 7.50. The van der Waals surface area contributed by atoms with Gasteiger partial charge in [0, 0.05) is 15.0 Å². The van der Waals surface area contributed by atoms with Crippen LogP contribution in [0, 0.1) is 0 Å². The van der Waals surface area contributed by atoms with Crippen LogP contribution in [0.2, 0.25) is 0 Å². The molecule has 0 spiro atoms. The number of nitrogens with zero attached hydrogens (tertiary/aromatic N) is 1. The van der Waals surface area contributed by atoms with E-state index >= 15 is 0 Å². The van der Waals surface area contributed by atoms with Crippen molar-refractivity contribution < 1.29 is 9.53 Å². The van der Waals surface area contributed by atoms with Crippen molar-refractivity contribution in [2.75, 3.05) is 13.1 Å². The van der Waals surface area contributed by atoms with Crippen molar-refractivity contribution in [3.8, 4) is 0 Å². The predicted octanol–water partition coefficient (Wildman–Crippen LogP) is 5.91. The highest BCUT2D eigenvalue weighted by Gasteiger charge is 2.25. The van der Waals surface area contributed by atoms with Crippen LogP contribution >= 0.6 is 31.9 Å². The van der Waals surface area contributed by atoms with Gasteiger partial charge in [-0.05, 0) is 74.2 Å². The second kappa shape index (κ2) is 9.85. The monoisotopic (exact) mass is 493 g/mol. The van der Waals surface area contributed by atoms with E-state index in [0.29, 0.717) is 18.9 Å². The minimum absolute atomic E-state index is 0.125. The first-order valence-corrected chi connectivity index (χ1v) is 11.0. The van der Waals surface area contributed by atoms with E-state index in [2.05, 4.69) is 67.9 Å². The first-order chi connectivity index (χ1) is 13.0. The maximum atomic E-state index is 12.2. The molecule has 0 radical (unpaired) electrons. The van der Waals surface area contributed by atoms with Crippen LogP contribution in [-0.2, 0) is 16.1 Å². The van der Waals surface area contributed by atoms with Crippen LogP contribution < -0.4 is 0 Å². The summed E-state index contributed by atoms with van der Waals surface area (Å²) in [5, 5.41) is 0. The van der Waals surface area contributed by atoms with Gasteiger partial charge in [0.15, 0.2) is 0 Å². The average Bonchev–Trinajstić information content (AvgIpc) is 2.68. The fraction of sp³-hybridized carbons (Fsp3) is 0.409. The number of ether oxygens (including phenoxy) is 1. The number of carbonyl (C=O) groups excluding carboxylic acids is 1. The highest BCUT2D eigenvalue weighted by molar-refractivity contribution is 9.10.